The van der Waals surface area contributed by atoms with E-state index in [-0.39, 0.29) is 6.04 Å². The summed E-state index contributed by atoms with van der Waals surface area (Å²) in [5.74, 6) is 0.888. The van der Waals surface area contributed by atoms with Gasteiger partial charge in [0, 0.05) is 24.2 Å². The molecule has 2 rings (SSSR count). The normalized spacial score (nSPS) is 13.4. The van der Waals surface area contributed by atoms with Crippen LogP contribution in [0.25, 0.3) is 0 Å². The van der Waals surface area contributed by atoms with Crippen LogP contribution in [0.2, 0.25) is 5.02 Å². The first kappa shape index (κ1) is 19.7. The van der Waals surface area contributed by atoms with Gasteiger partial charge < -0.3 is 20.5 Å². The van der Waals surface area contributed by atoms with E-state index in [1.165, 1.54) is 5.56 Å². The molecule has 2 atom stereocenters. The summed E-state index contributed by atoms with van der Waals surface area (Å²) < 4.78 is 5.70. The van der Waals surface area contributed by atoms with E-state index >= 15 is 0 Å². The summed E-state index contributed by atoms with van der Waals surface area (Å²) in [5, 5.41) is 17.4. The van der Waals surface area contributed by atoms with Gasteiger partial charge in [-0.15, -0.1) is 0 Å². The van der Waals surface area contributed by atoms with Gasteiger partial charge in [-0.3, -0.25) is 0 Å². The number of ether oxygens (including phenoxy) is 1. The summed E-state index contributed by atoms with van der Waals surface area (Å²) in [6.45, 7) is 4.07. The molecule has 0 aliphatic carbocycles. The number of aliphatic hydroxyl groups excluding tert-OH is 1. The zero-order chi connectivity index (χ0) is 18.1. The maximum Gasteiger partial charge on any atom is 0.119 e. The van der Waals surface area contributed by atoms with Crippen molar-refractivity contribution >= 4 is 11.6 Å². The number of hydrogen-bond acceptors (Lipinski definition) is 4. The van der Waals surface area contributed by atoms with Crippen molar-refractivity contribution in [3.63, 3.8) is 0 Å². The van der Waals surface area contributed by atoms with Crippen molar-refractivity contribution in [2.45, 2.75) is 25.5 Å². The minimum absolute atomic E-state index is 0.237. The van der Waals surface area contributed by atoms with Crippen LogP contribution in [-0.4, -0.2) is 37.9 Å². The molecule has 0 bridgehead atoms. The first-order valence-electron chi connectivity index (χ1n) is 8.61. The third kappa shape index (κ3) is 7.04. The van der Waals surface area contributed by atoms with E-state index < -0.39 is 6.10 Å². The molecule has 0 aromatic heterocycles. The van der Waals surface area contributed by atoms with E-state index in [2.05, 4.69) is 29.7 Å². The van der Waals surface area contributed by atoms with E-state index in [4.69, 9.17) is 16.3 Å². The zero-order valence-electron chi connectivity index (χ0n) is 14.8. The minimum Gasteiger partial charge on any atom is -0.492 e. The Hall–Kier alpha value is -1.59. The van der Waals surface area contributed by atoms with Gasteiger partial charge in [0.05, 0.1) is 6.10 Å². The molecule has 0 spiro atoms. The van der Waals surface area contributed by atoms with Crippen molar-refractivity contribution in [2.75, 3.05) is 26.7 Å². The van der Waals surface area contributed by atoms with E-state index in [1.54, 1.807) is 12.1 Å². The summed E-state index contributed by atoms with van der Waals surface area (Å²) in [4.78, 5) is 0. The Labute approximate surface area is 155 Å². The Morgan fingerprint density at radius 1 is 1.16 bits per heavy atom. The Bertz CT molecular complexity index is 651. The molecule has 25 heavy (non-hydrogen) atoms. The molecule has 0 aliphatic heterocycles. The van der Waals surface area contributed by atoms with Crippen LogP contribution in [0.3, 0.4) is 0 Å². The number of aliphatic hydroxyl groups is 1. The fourth-order valence-electron chi connectivity index (χ4n) is 2.60. The highest BCUT2D eigenvalue weighted by molar-refractivity contribution is 6.30. The van der Waals surface area contributed by atoms with Gasteiger partial charge in [0.2, 0.25) is 0 Å². The van der Waals surface area contributed by atoms with Gasteiger partial charge in [-0.25, -0.2) is 0 Å². The molecule has 136 valence electrons. The van der Waals surface area contributed by atoms with E-state index in [1.807, 2.05) is 31.3 Å². The second-order valence-corrected chi connectivity index (χ2v) is 6.62. The van der Waals surface area contributed by atoms with Gasteiger partial charge in [-0.05, 0) is 55.8 Å². The molecular weight excluding hydrogens is 336 g/mol. The third-order valence-corrected chi connectivity index (χ3v) is 4.19. The van der Waals surface area contributed by atoms with Crippen molar-refractivity contribution < 1.29 is 9.84 Å². The molecule has 5 heteroatoms. The highest BCUT2D eigenvalue weighted by Crippen LogP contribution is 2.18. The average Bonchev–Trinajstić information content (AvgIpc) is 2.60. The van der Waals surface area contributed by atoms with Gasteiger partial charge in [-0.2, -0.15) is 0 Å². The van der Waals surface area contributed by atoms with Crippen LogP contribution in [0.1, 0.15) is 24.2 Å². The zero-order valence-corrected chi connectivity index (χ0v) is 15.6. The standard InChI is InChI=1S/C20H27ClN2O2/c1-15(23-14-20(24)17-6-4-7-18(21)13-17)11-16-5-3-8-19(12-16)25-10-9-22-2/h3-8,12-13,15,20,22-24H,9-11,14H2,1-2H3/t15-,20+/m1/s1. The smallest absolute Gasteiger partial charge is 0.119 e. The predicted octanol–water partition coefficient (Wildman–Crippen LogP) is 3.19. The number of nitrogens with one attached hydrogen (secondary N) is 2. The Morgan fingerprint density at radius 2 is 1.96 bits per heavy atom. The molecule has 0 aliphatic rings. The van der Waals surface area contributed by atoms with Crippen LogP contribution in [-0.2, 0) is 6.42 Å². The highest BCUT2D eigenvalue weighted by atomic mass is 35.5. The molecule has 4 nitrogen and oxygen atoms in total. The first-order chi connectivity index (χ1) is 12.1. The van der Waals surface area contributed by atoms with E-state index in [0.29, 0.717) is 18.2 Å². The summed E-state index contributed by atoms with van der Waals surface area (Å²) in [5.41, 5.74) is 2.03. The summed E-state index contributed by atoms with van der Waals surface area (Å²) >= 11 is 5.97. The second kappa shape index (κ2) is 10.4. The highest BCUT2D eigenvalue weighted by Gasteiger charge is 2.10. The maximum absolute atomic E-state index is 10.3. The Kier molecular flexibility index (Phi) is 8.22. The van der Waals surface area contributed by atoms with Gasteiger partial charge in [0.15, 0.2) is 0 Å². The quantitative estimate of drug-likeness (QED) is 0.568. The lowest BCUT2D eigenvalue weighted by Gasteiger charge is -2.18. The van der Waals surface area contributed by atoms with Crippen molar-refractivity contribution in [3.05, 3.63) is 64.7 Å². The molecule has 0 saturated carbocycles. The fourth-order valence-corrected chi connectivity index (χ4v) is 2.80. The van der Waals surface area contributed by atoms with Gasteiger partial charge in [0.25, 0.3) is 0 Å². The van der Waals surface area contributed by atoms with E-state index in [9.17, 15) is 5.11 Å². The third-order valence-electron chi connectivity index (χ3n) is 3.95. The molecule has 0 radical (unpaired) electrons. The van der Waals surface area contributed by atoms with Gasteiger partial charge in [0.1, 0.15) is 12.4 Å². The second-order valence-electron chi connectivity index (χ2n) is 6.18. The number of likely N-dealkylation sites (N-methyl/N-ethyl adjacent to an activating group) is 1. The summed E-state index contributed by atoms with van der Waals surface area (Å²) in [6.07, 6.45) is 0.295. The molecule has 0 saturated heterocycles. The lowest BCUT2D eigenvalue weighted by molar-refractivity contribution is 0.170. The van der Waals surface area contributed by atoms with Crippen molar-refractivity contribution in [1.82, 2.24) is 10.6 Å². The largest absolute Gasteiger partial charge is 0.492 e. The van der Waals surface area contributed by atoms with Crippen molar-refractivity contribution in [3.8, 4) is 5.75 Å². The summed E-state index contributed by atoms with van der Waals surface area (Å²) in [7, 11) is 1.91. The molecule has 2 aromatic carbocycles. The van der Waals surface area contributed by atoms with Gasteiger partial charge >= 0.3 is 0 Å². The number of hydrogen-bond donors (Lipinski definition) is 3. The number of benzene rings is 2. The molecule has 0 fully saturated rings. The van der Waals surface area contributed by atoms with E-state index in [0.717, 1.165) is 24.3 Å². The van der Waals surface area contributed by atoms with Gasteiger partial charge in [-0.1, -0.05) is 35.9 Å². The lowest BCUT2D eigenvalue weighted by atomic mass is 10.1. The Balaban J connectivity index is 1.81. The molecule has 0 heterocycles. The monoisotopic (exact) mass is 362 g/mol. The molecule has 3 N–H and O–H groups in total. The van der Waals surface area contributed by atoms with Crippen LogP contribution in [0.15, 0.2) is 48.5 Å². The molecular formula is C20H27ClN2O2. The SMILES string of the molecule is CNCCOc1cccc(C[C@@H](C)NC[C@H](O)c2cccc(Cl)c2)c1. The van der Waals surface area contributed by atoms with Crippen molar-refractivity contribution in [1.29, 1.82) is 0 Å². The molecule has 0 unspecified atom stereocenters. The lowest BCUT2D eigenvalue weighted by Crippen LogP contribution is -2.32. The Morgan fingerprint density at radius 3 is 2.72 bits per heavy atom. The molecule has 2 aromatic rings. The maximum atomic E-state index is 10.3. The van der Waals surface area contributed by atoms with Crippen LogP contribution < -0.4 is 15.4 Å². The average molecular weight is 363 g/mol. The van der Waals surface area contributed by atoms with Crippen LogP contribution in [0.5, 0.6) is 5.75 Å². The van der Waals surface area contributed by atoms with Crippen LogP contribution in [0.4, 0.5) is 0 Å². The fraction of sp³-hybridized carbons (Fsp3) is 0.400. The minimum atomic E-state index is -0.572. The van der Waals surface area contributed by atoms with Crippen LogP contribution in [0, 0.1) is 0 Å². The summed E-state index contributed by atoms with van der Waals surface area (Å²) in [6, 6.07) is 15.7. The molecule has 0 amide bonds. The first-order valence-corrected chi connectivity index (χ1v) is 8.99. The number of halogens is 1. The topological polar surface area (TPSA) is 53.5 Å². The van der Waals surface area contributed by atoms with Crippen molar-refractivity contribution in [2.24, 2.45) is 0 Å². The van der Waals surface area contributed by atoms with Crippen LogP contribution >= 0.6 is 11.6 Å². The predicted molar refractivity (Wildman–Crippen MR) is 103 cm³/mol. The number of rotatable bonds is 10.